The summed E-state index contributed by atoms with van der Waals surface area (Å²) in [5.41, 5.74) is 1.83. The van der Waals surface area contributed by atoms with Gasteiger partial charge >= 0.3 is 5.97 Å². The molecule has 1 amide bonds. The summed E-state index contributed by atoms with van der Waals surface area (Å²) in [6.07, 6.45) is 5.20. The maximum absolute atomic E-state index is 12.7. The number of nitrogens with zero attached hydrogens (tertiary/aromatic N) is 1. The van der Waals surface area contributed by atoms with Crippen molar-refractivity contribution in [1.82, 2.24) is 0 Å². The first-order valence-corrected chi connectivity index (χ1v) is 14.1. The van der Waals surface area contributed by atoms with Crippen molar-refractivity contribution in [3.05, 3.63) is 39.2 Å². The molecule has 1 N–H and O–H groups in total. The Bertz CT molecular complexity index is 1160. The molecule has 0 atom stereocenters. The number of halogens is 1. The van der Waals surface area contributed by atoms with E-state index >= 15 is 0 Å². The number of benzene rings is 1. The molecular weight excluding hydrogens is 500 g/mol. The number of methoxy groups -OCH3 is 1. The van der Waals surface area contributed by atoms with Crippen LogP contribution < -0.4 is 14.4 Å². The summed E-state index contributed by atoms with van der Waals surface area (Å²) >= 11 is 7.58. The molecule has 1 heterocycles. The highest BCUT2D eigenvalue weighted by molar-refractivity contribution is 7.92. The number of nitrogens with one attached hydrogen (secondary N) is 1. The van der Waals surface area contributed by atoms with Crippen molar-refractivity contribution < 1.29 is 27.5 Å². The first-order valence-electron chi connectivity index (χ1n) is 11.1. The molecule has 0 fully saturated rings. The zero-order valence-electron chi connectivity index (χ0n) is 19.5. The Morgan fingerprint density at radius 2 is 1.97 bits per heavy atom. The number of hydrogen-bond acceptors (Lipinski definition) is 7. The van der Waals surface area contributed by atoms with Gasteiger partial charge in [0.15, 0.2) is 0 Å². The van der Waals surface area contributed by atoms with E-state index in [0.29, 0.717) is 27.0 Å². The van der Waals surface area contributed by atoms with E-state index in [0.717, 1.165) is 42.4 Å². The Labute approximate surface area is 209 Å². The van der Waals surface area contributed by atoms with Crippen molar-refractivity contribution >= 4 is 55.5 Å². The highest BCUT2D eigenvalue weighted by Crippen LogP contribution is 2.38. The average molecular weight is 529 g/mol. The van der Waals surface area contributed by atoms with Crippen molar-refractivity contribution in [2.45, 2.75) is 45.4 Å². The van der Waals surface area contributed by atoms with Gasteiger partial charge in [0.05, 0.1) is 36.2 Å². The van der Waals surface area contributed by atoms with Gasteiger partial charge in [-0.05, 0) is 62.8 Å². The third-order valence-corrected chi connectivity index (χ3v) is 8.19. The number of aryl methyl sites for hydroxylation is 1. The molecule has 34 heavy (non-hydrogen) atoms. The Morgan fingerprint density at radius 1 is 1.24 bits per heavy atom. The third kappa shape index (κ3) is 6.22. The molecule has 0 radical (unpaired) electrons. The largest absolute Gasteiger partial charge is 0.495 e. The van der Waals surface area contributed by atoms with Gasteiger partial charge < -0.3 is 14.8 Å². The van der Waals surface area contributed by atoms with Gasteiger partial charge in [0.25, 0.3) is 0 Å². The second-order valence-corrected chi connectivity index (χ2v) is 11.4. The lowest BCUT2D eigenvalue weighted by molar-refractivity contribution is -0.116. The summed E-state index contributed by atoms with van der Waals surface area (Å²) in [6, 6.07) is 4.72. The van der Waals surface area contributed by atoms with Crippen molar-refractivity contribution in [1.29, 1.82) is 0 Å². The molecule has 11 heteroatoms. The fourth-order valence-electron chi connectivity index (χ4n) is 3.94. The highest BCUT2D eigenvalue weighted by Gasteiger charge is 2.27. The number of carbonyl (C=O) groups is 2. The van der Waals surface area contributed by atoms with E-state index in [-0.39, 0.29) is 31.9 Å². The summed E-state index contributed by atoms with van der Waals surface area (Å²) in [7, 11) is -2.12. The summed E-state index contributed by atoms with van der Waals surface area (Å²) in [5.74, 6) is -0.267. The summed E-state index contributed by atoms with van der Waals surface area (Å²) in [6.45, 7) is 2.10. The van der Waals surface area contributed by atoms with Crippen molar-refractivity contribution in [3.63, 3.8) is 0 Å². The molecular formula is C23H29ClN2O6S2. The van der Waals surface area contributed by atoms with Gasteiger partial charge in [-0.2, -0.15) is 0 Å². The fraction of sp³-hybridized carbons (Fsp3) is 0.478. The van der Waals surface area contributed by atoms with E-state index in [2.05, 4.69) is 5.32 Å². The lowest BCUT2D eigenvalue weighted by Gasteiger charge is -2.23. The Balaban J connectivity index is 1.69. The van der Waals surface area contributed by atoms with Crippen LogP contribution in [-0.4, -0.2) is 46.8 Å². The van der Waals surface area contributed by atoms with Crippen LogP contribution in [0.25, 0.3) is 0 Å². The fourth-order valence-corrected chi connectivity index (χ4v) is 6.45. The van der Waals surface area contributed by atoms with E-state index in [4.69, 9.17) is 21.1 Å². The molecule has 8 nitrogen and oxygen atoms in total. The monoisotopic (exact) mass is 528 g/mol. The smallest absolute Gasteiger partial charge is 0.341 e. The minimum atomic E-state index is -3.59. The normalized spacial score (nSPS) is 13.2. The molecule has 0 unspecified atom stereocenters. The van der Waals surface area contributed by atoms with Crippen molar-refractivity contribution in [3.8, 4) is 5.75 Å². The number of carbonyl (C=O) groups excluding carboxylic acids is 2. The minimum Gasteiger partial charge on any atom is -0.495 e. The summed E-state index contributed by atoms with van der Waals surface area (Å²) in [4.78, 5) is 26.4. The molecule has 1 aromatic carbocycles. The van der Waals surface area contributed by atoms with Crippen molar-refractivity contribution in [2.75, 3.05) is 36.1 Å². The SMILES string of the molecule is CCOC(=O)c1c(NC(=O)CCCN(c2ccc(OC)c(Cl)c2)S(C)(=O)=O)sc2c1CCCC2. The van der Waals surface area contributed by atoms with Gasteiger partial charge in [0, 0.05) is 17.8 Å². The van der Waals surface area contributed by atoms with E-state index in [1.807, 2.05) is 0 Å². The zero-order valence-corrected chi connectivity index (χ0v) is 21.9. The topological polar surface area (TPSA) is 102 Å². The van der Waals surface area contributed by atoms with Crippen LogP contribution in [0.15, 0.2) is 18.2 Å². The number of hydrogen-bond donors (Lipinski definition) is 1. The van der Waals surface area contributed by atoms with Crippen LogP contribution in [0.2, 0.25) is 5.02 Å². The van der Waals surface area contributed by atoms with Crippen LogP contribution in [0, 0.1) is 0 Å². The third-order valence-electron chi connectivity index (χ3n) is 5.49. The van der Waals surface area contributed by atoms with Crippen LogP contribution in [0.3, 0.4) is 0 Å². The maximum atomic E-state index is 12.7. The summed E-state index contributed by atoms with van der Waals surface area (Å²) < 4.78 is 36.3. The second-order valence-electron chi connectivity index (χ2n) is 7.94. The van der Waals surface area contributed by atoms with Crippen LogP contribution in [0.5, 0.6) is 5.75 Å². The molecule has 0 saturated heterocycles. The number of fused-ring (bicyclic) bond motifs is 1. The van der Waals surface area contributed by atoms with Crippen LogP contribution in [-0.2, 0) is 32.4 Å². The van der Waals surface area contributed by atoms with Crippen molar-refractivity contribution in [2.24, 2.45) is 0 Å². The predicted octanol–water partition coefficient (Wildman–Crippen LogP) is 4.65. The van der Waals surface area contributed by atoms with Gasteiger partial charge in [-0.15, -0.1) is 11.3 Å². The number of amides is 1. The molecule has 2 aromatic rings. The number of rotatable bonds is 10. The molecule has 0 bridgehead atoms. The number of esters is 1. The van der Waals surface area contributed by atoms with E-state index in [9.17, 15) is 18.0 Å². The van der Waals surface area contributed by atoms with Gasteiger partial charge in [0.2, 0.25) is 15.9 Å². The van der Waals surface area contributed by atoms with Gasteiger partial charge in [-0.3, -0.25) is 9.10 Å². The maximum Gasteiger partial charge on any atom is 0.341 e. The Morgan fingerprint density at radius 3 is 2.62 bits per heavy atom. The molecule has 0 saturated carbocycles. The Hall–Kier alpha value is -2.30. The predicted molar refractivity (Wildman–Crippen MR) is 135 cm³/mol. The summed E-state index contributed by atoms with van der Waals surface area (Å²) in [5, 5.41) is 3.66. The number of ether oxygens (including phenoxy) is 2. The number of anilines is 2. The molecule has 1 aromatic heterocycles. The Kier molecular flexibility index (Phi) is 8.83. The quantitative estimate of drug-likeness (QED) is 0.450. The second kappa shape index (κ2) is 11.4. The number of sulfonamides is 1. The van der Waals surface area contributed by atoms with E-state index in [1.165, 1.54) is 28.8 Å². The lowest BCUT2D eigenvalue weighted by atomic mass is 9.95. The molecule has 186 valence electrons. The molecule has 0 aliphatic heterocycles. The molecule has 1 aliphatic carbocycles. The first kappa shape index (κ1) is 26.3. The van der Waals surface area contributed by atoms with Crippen LogP contribution in [0.1, 0.15) is 53.4 Å². The molecule has 3 rings (SSSR count). The average Bonchev–Trinajstić information content (AvgIpc) is 3.13. The van der Waals surface area contributed by atoms with E-state index in [1.54, 1.807) is 19.1 Å². The number of thiophene rings is 1. The lowest BCUT2D eigenvalue weighted by Crippen LogP contribution is -2.31. The van der Waals surface area contributed by atoms with E-state index < -0.39 is 16.0 Å². The highest BCUT2D eigenvalue weighted by atomic mass is 35.5. The first-order chi connectivity index (χ1) is 16.2. The standard InChI is InChI=1S/C23H29ClN2O6S2/c1-4-32-23(28)21-16-8-5-6-9-19(16)33-22(21)25-20(27)10-7-13-26(34(3,29)30)15-11-12-18(31-2)17(24)14-15/h11-12,14H,4-10,13H2,1-3H3,(H,25,27). The molecule has 1 aliphatic rings. The minimum absolute atomic E-state index is 0.0841. The van der Waals surface area contributed by atoms with Crippen LogP contribution in [0.4, 0.5) is 10.7 Å². The van der Waals surface area contributed by atoms with Gasteiger partial charge in [-0.25, -0.2) is 13.2 Å². The van der Waals surface area contributed by atoms with Crippen LogP contribution >= 0.6 is 22.9 Å². The zero-order chi connectivity index (χ0) is 24.9. The van der Waals surface area contributed by atoms with Gasteiger partial charge in [0.1, 0.15) is 10.8 Å². The molecule has 0 spiro atoms. The van der Waals surface area contributed by atoms with Gasteiger partial charge in [-0.1, -0.05) is 11.6 Å².